The summed E-state index contributed by atoms with van der Waals surface area (Å²) in [6.07, 6.45) is 13.5. The summed E-state index contributed by atoms with van der Waals surface area (Å²) in [6, 6.07) is 6.54. The van der Waals surface area contributed by atoms with E-state index in [-0.39, 0.29) is 4.90 Å². The molecule has 0 heterocycles. The van der Waals surface area contributed by atoms with Crippen molar-refractivity contribution in [3.05, 3.63) is 77.0 Å². The summed E-state index contributed by atoms with van der Waals surface area (Å²) in [4.78, 5) is 0.243. The van der Waals surface area contributed by atoms with E-state index in [1.54, 1.807) is 30.3 Å². The SMILES string of the molecule is O=S(=O)(N/C1=C/C=C\C=C/C=C\C1)c1ccc(Br)cc1. The van der Waals surface area contributed by atoms with Gasteiger partial charge in [-0.1, -0.05) is 52.4 Å². The van der Waals surface area contributed by atoms with Crippen molar-refractivity contribution in [2.24, 2.45) is 0 Å². The van der Waals surface area contributed by atoms with Gasteiger partial charge in [0.25, 0.3) is 10.0 Å². The Labute approximate surface area is 127 Å². The summed E-state index contributed by atoms with van der Waals surface area (Å²) in [6.45, 7) is 0. The molecule has 1 aromatic carbocycles. The molecule has 3 nitrogen and oxygen atoms in total. The molecule has 2 rings (SSSR count). The van der Waals surface area contributed by atoms with Crippen LogP contribution in [-0.2, 0) is 10.0 Å². The van der Waals surface area contributed by atoms with Gasteiger partial charge in [0.2, 0.25) is 0 Å². The topological polar surface area (TPSA) is 46.2 Å². The van der Waals surface area contributed by atoms with Crippen LogP contribution in [0.25, 0.3) is 0 Å². The molecule has 0 aromatic heterocycles. The predicted molar refractivity (Wildman–Crippen MR) is 84.6 cm³/mol. The lowest BCUT2D eigenvalue weighted by Crippen LogP contribution is -2.22. The zero-order valence-corrected chi connectivity index (χ0v) is 13.1. The van der Waals surface area contributed by atoms with Gasteiger partial charge in [0.1, 0.15) is 0 Å². The van der Waals surface area contributed by atoms with Crippen LogP contribution in [0.5, 0.6) is 0 Å². The molecule has 104 valence electrons. The molecule has 0 bridgehead atoms. The Morgan fingerprint density at radius 1 is 0.950 bits per heavy atom. The highest BCUT2D eigenvalue weighted by molar-refractivity contribution is 9.10. The minimum atomic E-state index is -3.54. The molecule has 20 heavy (non-hydrogen) atoms. The average Bonchev–Trinajstić information content (AvgIpc) is 2.53. The van der Waals surface area contributed by atoms with Crippen molar-refractivity contribution in [2.45, 2.75) is 11.3 Å². The molecule has 0 spiro atoms. The summed E-state index contributed by atoms with van der Waals surface area (Å²) in [5, 5.41) is 0. The molecule has 0 saturated carbocycles. The van der Waals surface area contributed by atoms with Crippen LogP contribution in [0.1, 0.15) is 6.42 Å². The highest BCUT2D eigenvalue weighted by Gasteiger charge is 2.14. The molecule has 0 radical (unpaired) electrons. The van der Waals surface area contributed by atoms with Gasteiger partial charge in [0.15, 0.2) is 0 Å². The quantitative estimate of drug-likeness (QED) is 0.902. The van der Waals surface area contributed by atoms with Gasteiger partial charge in [0.05, 0.1) is 4.90 Å². The molecule has 0 unspecified atom stereocenters. The maximum absolute atomic E-state index is 12.3. The Morgan fingerprint density at radius 3 is 2.35 bits per heavy atom. The highest BCUT2D eigenvalue weighted by atomic mass is 79.9. The number of sulfonamides is 1. The number of rotatable bonds is 3. The fraction of sp³-hybridized carbons (Fsp3) is 0.0667. The van der Waals surface area contributed by atoms with Crippen LogP contribution in [0.2, 0.25) is 0 Å². The van der Waals surface area contributed by atoms with Crippen LogP contribution in [-0.4, -0.2) is 8.42 Å². The number of benzene rings is 1. The standard InChI is InChI=1S/C15H14BrNO2S/c16-13-9-11-15(12-10-13)20(18,19)17-14-7-5-3-1-2-4-6-8-14/h1-7,9-12,17H,8H2/b2-1-,5-3-,6-4-,14-7+. The van der Waals surface area contributed by atoms with Gasteiger partial charge in [-0.15, -0.1) is 0 Å². The monoisotopic (exact) mass is 351 g/mol. The predicted octanol–water partition coefficient (Wildman–Crippen LogP) is 3.68. The Hall–Kier alpha value is -1.59. The highest BCUT2D eigenvalue weighted by Crippen LogP contribution is 2.16. The van der Waals surface area contributed by atoms with E-state index in [4.69, 9.17) is 0 Å². The number of nitrogens with one attached hydrogen (secondary N) is 1. The smallest absolute Gasteiger partial charge is 0.261 e. The molecule has 5 heteroatoms. The van der Waals surface area contributed by atoms with Crippen LogP contribution in [0, 0.1) is 0 Å². The first-order chi connectivity index (χ1) is 9.58. The van der Waals surface area contributed by atoms with Crippen LogP contribution < -0.4 is 4.72 Å². The van der Waals surface area contributed by atoms with Crippen LogP contribution >= 0.6 is 15.9 Å². The Kier molecular flexibility index (Phi) is 4.98. The minimum absolute atomic E-state index is 0.243. The Morgan fingerprint density at radius 2 is 1.60 bits per heavy atom. The fourth-order valence-electron chi connectivity index (χ4n) is 1.63. The molecule has 0 aliphatic heterocycles. The first-order valence-electron chi connectivity index (χ1n) is 6.05. The molecule has 0 fully saturated rings. The third-order valence-corrected chi connectivity index (χ3v) is 4.56. The van der Waals surface area contributed by atoms with Gasteiger partial charge in [-0.2, -0.15) is 0 Å². The van der Waals surface area contributed by atoms with E-state index in [9.17, 15) is 8.42 Å². The van der Waals surface area contributed by atoms with Crippen molar-refractivity contribution in [1.29, 1.82) is 0 Å². The van der Waals surface area contributed by atoms with E-state index < -0.39 is 10.0 Å². The van der Waals surface area contributed by atoms with Gasteiger partial charge in [-0.05, 0) is 30.3 Å². The minimum Gasteiger partial charge on any atom is -0.283 e. The van der Waals surface area contributed by atoms with E-state index in [0.29, 0.717) is 12.1 Å². The number of hydrogen-bond donors (Lipinski definition) is 1. The second-order valence-corrected chi connectivity index (χ2v) is 6.75. The maximum atomic E-state index is 12.3. The number of halogens is 1. The lowest BCUT2D eigenvalue weighted by Gasteiger charge is -2.10. The van der Waals surface area contributed by atoms with Crippen molar-refractivity contribution < 1.29 is 8.42 Å². The second-order valence-electron chi connectivity index (χ2n) is 4.15. The average molecular weight is 352 g/mol. The zero-order valence-electron chi connectivity index (χ0n) is 10.7. The maximum Gasteiger partial charge on any atom is 0.261 e. The van der Waals surface area contributed by atoms with Crippen molar-refractivity contribution in [1.82, 2.24) is 4.72 Å². The fourth-order valence-corrected chi connectivity index (χ4v) is 3.00. The molecule has 0 saturated heterocycles. The second kappa shape index (κ2) is 6.72. The molecule has 1 N–H and O–H groups in total. The van der Waals surface area contributed by atoms with Gasteiger partial charge in [0, 0.05) is 16.6 Å². The van der Waals surface area contributed by atoms with Crippen LogP contribution in [0.3, 0.4) is 0 Å². The summed E-state index contributed by atoms with van der Waals surface area (Å²) in [5.41, 5.74) is 0.629. The van der Waals surface area contributed by atoms with Crippen molar-refractivity contribution >= 4 is 26.0 Å². The normalized spacial score (nSPS) is 22.6. The van der Waals surface area contributed by atoms with Crippen molar-refractivity contribution in [3.63, 3.8) is 0 Å². The first-order valence-corrected chi connectivity index (χ1v) is 8.33. The molecule has 0 amide bonds. The molecule has 1 aromatic rings. The van der Waals surface area contributed by atoms with Gasteiger partial charge < -0.3 is 0 Å². The van der Waals surface area contributed by atoms with Gasteiger partial charge >= 0.3 is 0 Å². The van der Waals surface area contributed by atoms with E-state index in [0.717, 1.165) is 4.47 Å². The van der Waals surface area contributed by atoms with Gasteiger partial charge in [-0.3, -0.25) is 4.72 Å². The molecular formula is C15H14BrNO2S. The van der Waals surface area contributed by atoms with E-state index in [1.165, 1.54) is 0 Å². The summed E-state index contributed by atoms with van der Waals surface area (Å²) in [7, 11) is -3.54. The summed E-state index contributed by atoms with van der Waals surface area (Å²) < 4.78 is 28.0. The van der Waals surface area contributed by atoms with Crippen LogP contribution in [0.4, 0.5) is 0 Å². The molecule has 1 aliphatic rings. The first kappa shape index (κ1) is 14.8. The molecular weight excluding hydrogens is 338 g/mol. The Bertz CT molecular complexity index is 683. The number of hydrogen-bond acceptors (Lipinski definition) is 2. The van der Waals surface area contributed by atoms with Crippen molar-refractivity contribution in [2.75, 3.05) is 0 Å². The van der Waals surface area contributed by atoms with Gasteiger partial charge in [-0.25, -0.2) is 8.42 Å². The lowest BCUT2D eigenvalue weighted by molar-refractivity contribution is 0.588. The zero-order chi connectivity index (χ0) is 14.4. The summed E-state index contributed by atoms with van der Waals surface area (Å²) in [5.74, 6) is 0. The van der Waals surface area contributed by atoms with E-state index >= 15 is 0 Å². The molecule has 0 atom stereocenters. The molecule has 1 aliphatic carbocycles. The van der Waals surface area contributed by atoms with Crippen molar-refractivity contribution in [3.8, 4) is 0 Å². The third kappa shape index (κ3) is 4.21. The number of allylic oxidation sites excluding steroid dienone is 7. The largest absolute Gasteiger partial charge is 0.283 e. The summed E-state index contributed by atoms with van der Waals surface area (Å²) >= 11 is 3.29. The van der Waals surface area contributed by atoms with E-state index in [1.807, 2.05) is 36.5 Å². The lowest BCUT2D eigenvalue weighted by atomic mass is 10.3. The van der Waals surface area contributed by atoms with E-state index in [2.05, 4.69) is 20.7 Å². The van der Waals surface area contributed by atoms with Crippen LogP contribution in [0.15, 0.2) is 81.9 Å². The Balaban J connectivity index is 2.21. The third-order valence-electron chi connectivity index (χ3n) is 2.61.